The number of hydrogen-bond acceptors (Lipinski definition) is 5. The van der Waals surface area contributed by atoms with Gasteiger partial charge in [-0.2, -0.15) is 0 Å². The molecule has 2 heterocycles. The van der Waals surface area contributed by atoms with Crippen molar-refractivity contribution in [2.24, 2.45) is 0 Å². The third-order valence-corrected chi connectivity index (χ3v) is 6.87. The number of fused-ring (bicyclic) bond motifs is 1. The lowest BCUT2D eigenvalue weighted by Gasteiger charge is -2.11. The summed E-state index contributed by atoms with van der Waals surface area (Å²) in [7, 11) is 0. The lowest BCUT2D eigenvalue weighted by Crippen LogP contribution is -2.26. The Labute approximate surface area is 201 Å². The van der Waals surface area contributed by atoms with Crippen LogP contribution in [0.1, 0.15) is 16.6 Å². The first-order valence-corrected chi connectivity index (χ1v) is 12.6. The fourth-order valence-corrected chi connectivity index (χ4v) is 5.01. The molecule has 4 aromatic rings. The van der Waals surface area contributed by atoms with E-state index < -0.39 is 0 Å². The van der Waals surface area contributed by atoms with E-state index in [0.29, 0.717) is 36.0 Å². The zero-order valence-corrected chi connectivity index (χ0v) is 19.9. The summed E-state index contributed by atoms with van der Waals surface area (Å²) in [4.78, 5) is 26.5. The number of para-hydroxylation sites is 3. The fourth-order valence-electron chi connectivity index (χ4n) is 3.48. The highest BCUT2D eigenvalue weighted by Gasteiger charge is 2.13. The number of thioether (sulfide) groups is 1. The highest BCUT2D eigenvalue weighted by molar-refractivity contribution is 8.00. The molecule has 8 heteroatoms. The van der Waals surface area contributed by atoms with Gasteiger partial charge in [-0.15, -0.1) is 23.1 Å². The van der Waals surface area contributed by atoms with Crippen molar-refractivity contribution in [1.82, 2.24) is 9.88 Å². The molecule has 0 saturated heterocycles. The van der Waals surface area contributed by atoms with Crippen molar-refractivity contribution in [3.05, 3.63) is 77.1 Å². The molecule has 4 rings (SSSR count). The summed E-state index contributed by atoms with van der Waals surface area (Å²) < 4.78 is 7.71. The first-order valence-electron chi connectivity index (χ1n) is 10.7. The van der Waals surface area contributed by atoms with Crippen LogP contribution in [0.5, 0.6) is 5.75 Å². The number of nitrogens with one attached hydrogen (secondary N) is 2. The summed E-state index contributed by atoms with van der Waals surface area (Å²) in [6.45, 7) is 3.62. The number of rotatable bonds is 10. The molecule has 2 aromatic carbocycles. The molecule has 2 aromatic heterocycles. The highest BCUT2D eigenvalue weighted by Crippen LogP contribution is 2.30. The van der Waals surface area contributed by atoms with Gasteiger partial charge in [-0.25, -0.2) is 0 Å². The Morgan fingerprint density at radius 2 is 1.88 bits per heavy atom. The molecule has 2 amide bonds. The van der Waals surface area contributed by atoms with Crippen molar-refractivity contribution in [2.75, 3.05) is 24.2 Å². The quantitative estimate of drug-likeness (QED) is 0.304. The smallest absolute Gasteiger partial charge is 0.261 e. The van der Waals surface area contributed by atoms with Crippen LogP contribution in [0.3, 0.4) is 0 Å². The maximum Gasteiger partial charge on any atom is 0.261 e. The lowest BCUT2D eigenvalue weighted by molar-refractivity contribution is -0.113. The minimum absolute atomic E-state index is 0.0555. The van der Waals surface area contributed by atoms with Crippen LogP contribution in [0.15, 0.2) is 77.1 Å². The first kappa shape index (κ1) is 22.9. The Morgan fingerprint density at radius 1 is 1.06 bits per heavy atom. The van der Waals surface area contributed by atoms with E-state index in [-0.39, 0.29) is 17.6 Å². The molecule has 2 N–H and O–H groups in total. The second kappa shape index (κ2) is 11.1. The van der Waals surface area contributed by atoms with Crippen LogP contribution in [0.25, 0.3) is 10.9 Å². The molecular formula is C25H25N3O3S2. The Bertz CT molecular complexity index is 1230. The van der Waals surface area contributed by atoms with Gasteiger partial charge in [0.15, 0.2) is 0 Å². The standard InChI is InChI=1S/C25H25N3O3S2/c1-2-31-21-11-6-4-9-19(21)27-24(29)17-33-23-16-28(20-10-5-3-8-18(20)23)14-13-26-25(30)22-12-7-15-32-22/h3-12,15-16H,2,13-14,17H2,1H3,(H,26,30)(H,27,29). The van der Waals surface area contributed by atoms with Crippen molar-refractivity contribution < 1.29 is 14.3 Å². The van der Waals surface area contributed by atoms with Crippen molar-refractivity contribution in [3.63, 3.8) is 0 Å². The van der Waals surface area contributed by atoms with E-state index in [1.165, 1.54) is 23.1 Å². The highest BCUT2D eigenvalue weighted by atomic mass is 32.2. The average Bonchev–Trinajstić information content (AvgIpc) is 3.48. The van der Waals surface area contributed by atoms with E-state index >= 15 is 0 Å². The largest absolute Gasteiger partial charge is 0.492 e. The fraction of sp³-hybridized carbons (Fsp3) is 0.200. The van der Waals surface area contributed by atoms with Gasteiger partial charge in [-0.1, -0.05) is 36.4 Å². The third kappa shape index (κ3) is 5.77. The summed E-state index contributed by atoms with van der Waals surface area (Å²) in [5, 5.41) is 8.90. The van der Waals surface area contributed by atoms with Crippen LogP contribution in [-0.2, 0) is 11.3 Å². The van der Waals surface area contributed by atoms with Gasteiger partial charge in [0.2, 0.25) is 5.91 Å². The van der Waals surface area contributed by atoms with Gasteiger partial charge in [0, 0.05) is 35.1 Å². The number of nitrogens with zero attached hydrogens (tertiary/aromatic N) is 1. The van der Waals surface area contributed by atoms with Crippen LogP contribution in [0.2, 0.25) is 0 Å². The normalized spacial score (nSPS) is 10.8. The minimum Gasteiger partial charge on any atom is -0.492 e. The first-order chi connectivity index (χ1) is 16.2. The van der Waals surface area contributed by atoms with Crippen molar-refractivity contribution >= 4 is 51.5 Å². The Morgan fingerprint density at radius 3 is 2.70 bits per heavy atom. The maximum atomic E-state index is 12.6. The number of ether oxygens (including phenoxy) is 1. The van der Waals surface area contributed by atoms with E-state index in [9.17, 15) is 9.59 Å². The molecule has 0 fully saturated rings. The molecule has 0 spiro atoms. The van der Waals surface area contributed by atoms with Gasteiger partial charge in [0.1, 0.15) is 5.75 Å². The van der Waals surface area contributed by atoms with Crippen molar-refractivity contribution in [3.8, 4) is 5.75 Å². The average molecular weight is 480 g/mol. The van der Waals surface area contributed by atoms with Crippen LogP contribution < -0.4 is 15.4 Å². The molecule has 33 heavy (non-hydrogen) atoms. The molecule has 0 bridgehead atoms. The van der Waals surface area contributed by atoms with E-state index in [1.807, 2.05) is 67.0 Å². The molecule has 170 valence electrons. The number of anilines is 1. The van der Waals surface area contributed by atoms with Crippen LogP contribution in [-0.4, -0.2) is 35.3 Å². The van der Waals surface area contributed by atoms with E-state index in [4.69, 9.17) is 4.74 Å². The lowest BCUT2D eigenvalue weighted by atomic mass is 10.2. The second-order valence-corrected chi connectivity index (χ2v) is 9.17. The molecule has 0 unspecified atom stereocenters. The Balaban J connectivity index is 1.39. The summed E-state index contributed by atoms with van der Waals surface area (Å²) in [5.41, 5.74) is 1.75. The van der Waals surface area contributed by atoms with Crippen LogP contribution in [0, 0.1) is 0 Å². The number of hydrogen-bond donors (Lipinski definition) is 2. The van der Waals surface area contributed by atoms with Gasteiger partial charge in [0.25, 0.3) is 5.91 Å². The summed E-state index contributed by atoms with van der Waals surface area (Å²) in [6.07, 6.45) is 2.05. The van der Waals surface area contributed by atoms with Crippen molar-refractivity contribution in [2.45, 2.75) is 18.4 Å². The number of carbonyl (C=O) groups is 2. The van der Waals surface area contributed by atoms with Gasteiger partial charge < -0.3 is 19.9 Å². The Hall–Kier alpha value is -3.23. The molecule has 0 radical (unpaired) electrons. The molecule has 0 saturated carbocycles. The molecule has 0 aliphatic carbocycles. The van der Waals surface area contributed by atoms with E-state index in [2.05, 4.69) is 27.3 Å². The van der Waals surface area contributed by atoms with E-state index in [0.717, 1.165) is 15.8 Å². The summed E-state index contributed by atoms with van der Waals surface area (Å²) >= 11 is 2.92. The van der Waals surface area contributed by atoms with Crippen molar-refractivity contribution in [1.29, 1.82) is 0 Å². The van der Waals surface area contributed by atoms with Crippen LogP contribution >= 0.6 is 23.1 Å². The van der Waals surface area contributed by atoms with Crippen LogP contribution in [0.4, 0.5) is 5.69 Å². The molecular weight excluding hydrogens is 454 g/mol. The minimum atomic E-state index is -0.0906. The van der Waals surface area contributed by atoms with Gasteiger partial charge in [-0.3, -0.25) is 9.59 Å². The molecule has 0 aliphatic heterocycles. The predicted octanol–water partition coefficient (Wildman–Crippen LogP) is 5.26. The number of carbonyl (C=O) groups excluding carboxylic acids is 2. The molecule has 0 atom stereocenters. The SMILES string of the molecule is CCOc1ccccc1NC(=O)CSc1cn(CCNC(=O)c2cccs2)c2ccccc12. The maximum absolute atomic E-state index is 12.6. The number of thiophene rings is 1. The number of amides is 2. The zero-order chi connectivity index (χ0) is 23.0. The topological polar surface area (TPSA) is 72.4 Å². The third-order valence-electron chi connectivity index (χ3n) is 4.96. The number of aromatic nitrogens is 1. The number of benzene rings is 2. The monoisotopic (exact) mass is 479 g/mol. The predicted molar refractivity (Wildman–Crippen MR) is 136 cm³/mol. The Kier molecular flexibility index (Phi) is 7.70. The molecule has 6 nitrogen and oxygen atoms in total. The van der Waals surface area contributed by atoms with E-state index in [1.54, 1.807) is 0 Å². The van der Waals surface area contributed by atoms with Gasteiger partial charge in [0.05, 0.1) is 22.9 Å². The summed E-state index contributed by atoms with van der Waals surface area (Å²) in [6, 6.07) is 19.2. The molecule has 0 aliphatic rings. The van der Waals surface area contributed by atoms with Gasteiger partial charge in [-0.05, 0) is 36.6 Å². The summed E-state index contributed by atoms with van der Waals surface area (Å²) in [5.74, 6) is 0.802. The second-order valence-electron chi connectivity index (χ2n) is 7.20. The zero-order valence-electron chi connectivity index (χ0n) is 18.2. The van der Waals surface area contributed by atoms with Gasteiger partial charge >= 0.3 is 0 Å².